The van der Waals surface area contributed by atoms with E-state index in [4.69, 9.17) is 5.11 Å². The van der Waals surface area contributed by atoms with Crippen LogP contribution < -0.4 is 0 Å². The summed E-state index contributed by atoms with van der Waals surface area (Å²) in [7, 11) is 0. The van der Waals surface area contributed by atoms with Crippen LogP contribution in [0.15, 0.2) is 12.4 Å². The van der Waals surface area contributed by atoms with E-state index in [-0.39, 0.29) is 18.4 Å². The smallest absolute Gasteiger partial charge is 0.226 e. The number of nitrogens with one attached hydrogen (secondary N) is 1. The van der Waals surface area contributed by atoms with Crippen molar-refractivity contribution in [2.75, 3.05) is 13.2 Å². The Hall–Kier alpha value is -1.36. The molecule has 1 aliphatic carbocycles. The fraction of sp³-hybridized carbons (Fsp3) is 0.714. The lowest BCUT2D eigenvalue weighted by Crippen LogP contribution is -2.35. The van der Waals surface area contributed by atoms with Crippen molar-refractivity contribution in [3.05, 3.63) is 18.2 Å². The van der Waals surface area contributed by atoms with Gasteiger partial charge in [0.2, 0.25) is 5.91 Å². The Morgan fingerprint density at radius 3 is 3.11 bits per heavy atom. The second-order valence-corrected chi connectivity index (χ2v) is 5.26. The third-order valence-electron chi connectivity index (χ3n) is 3.75. The summed E-state index contributed by atoms with van der Waals surface area (Å²) in [6.45, 7) is 3.02. The molecule has 1 saturated carbocycles. The lowest BCUT2D eigenvalue weighted by atomic mass is 10.1. The molecule has 1 aliphatic rings. The third kappa shape index (κ3) is 3.80. The van der Waals surface area contributed by atoms with Crippen molar-refractivity contribution >= 4 is 5.91 Å². The van der Waals surface area contributed by atoms with Gasteiger partial charge < -0.3 is 15.0 Å². The van der Waals surface area contributed by atoms with Gasteiger partial charge in [-0.1, -0.05) is 19.8 Å². The van der Waals surface area contributed by atoms with Crippen LogP contribution in [0.1, 0.15) is 38.4 Å². The number of nitrogens with zero attached hydrogens (tertiary/aromatic N) is 2. The number of amides is 1. The van der Waals surface area contributed by atoms with Gasteiger partial charge in [0.25, 0.3) is 0 Å². The van der Waals surface area contributed by atoms with Crippen LogP contribution in [0.3, 0.4) is 0 Å². The Morgan fingerprint density at radius 2 is 2.47 bits per heavy atom. The van der Waals surface area contributed by atoms with Crippen molar-refractivity contribution < 1.29 is 9.90 Å². The molecule has 1 amide bonds. The van der Waals surface area contributed by atoms with Crippen LogP contribution >= 0.6 is 0 Å². The first-order valence-corrected chi connectivity index (χ1v) is 7.14. The van der Waals surface area contributed by atoms with Crippen molar-refractivity contribution in [3.63, 3.8) is 0 Å². The number of aromatic amines is 1. The summed E-state index contributed by atoms with van der Waals surface area (Å²) in [6.07, 6.45) is 7.98. The number of aromatic nitrogens is 2. The van der Waals surface area contributed by atoms with Crippen molar-refractivity contribution in [2.24, 2.45) is 11.8 Å². The highest BCUT2D eigenvalue weighted by Crippen LogP contribution is 2.43. The van der Waals surface area contributed by atoms with E-state index in [9.17, 15) is 4.79 Å². The molecule has 106 valence electrons. The molecule has 2 rings (SSSR count). The maximum absolute atomic E-state index is 12.4. The maximum atomic E-state index is 12.4. The van der Waals surface area contributed by atoms with E-state index in [1.54, 1.807) is 17.3 Å². The Morgan fingerprint density at radius 1 is 1.63 bits per heavy atom. The van der Waals surface area contributed by atoms with E-state index in [2.05, 4.69) is 16.9 Å². The largest absolute Gasteiger partial charge is 0.395 e. The molecule has 1 aromatic rings. The van der Waals surface area contributed by atoms with Gasteiger partial charge in [0, 0.05) is 24.9 Å². The first kappa shape index (κ1) is 14.1. The van der Waals surface area contributed by atoms with Gasteiger partial charge in [0.05, 0.1) is 13.2 Å². The van der Waals surface area contributed by atoms with Crippen molar-refractivity contribution in [3.8, 4) is 0 Å². The van der Waals surface area contributed by atoms with Crippen LogP contribution in [-0.4, -0.2) is 39.0 Å². The number of aliphatic hydroxyl groups is 1. The van der Waals surface area contributed by atoms with E-state index < -0.39 is 0 Å². The van der Waals surface area contributed by atoms with Crippen molar-refractivity contribution in [2.45, 2.75) is 39.2 Å². The standard InChI is InChI=1S/C14H23N3O2/c1-2-3-4-11-9-12(11)14(19)17(7-8-18)10-13-15-5-6-16-13/h5-6,11-12,18H,2-4,7-10H2,1H3,(H,15,16)/t11-,12+/m1/s1. The average Bonchev–Trinajstić information content (AvgIpc) is 3.01. The molecule has 1 aromatic heterocycles. The van der Waals surface area contributed by atoms with Gasteiger partial charge in [-0.2, -0.15) is 0 Å². The number of hydrogen-bond donors (Lipinski definition) is 2. The number of hydrogen-bond acceptors (Lipinski definition) is 3. The zero-order chi connectivity index (χ0) is 13.7. The van der Waals surface area contributed by atoms with Crippen LogP contribution in [0.2, 0.25) is 0 Å². The van der Waals surface area contributed by atoms with Gasteiger partial charge in [0.1, 0.15) is 5.82 Å². The summed E-state index contributed by atoms with van der Waals surface area (Å²) < 4.78 is 0. The highest BCUT2D eigenvalue weighted by molar-refractivity contribution is 5.81. The minimum absolute atomic E-state index is 0.00120. The lowest BCUT2D eigenvalue weighted by Gasteiger charge is -2.20. The molecule has 5 heteroatoms. The molecule has 19 heavy (non-hydrogen) atoms. The number of imidazole rings is 1. The molecular weight excluding hydrogens is 242 g/mol. The van der Waals surface area contributed by atoms with E-state index in [1.165, 1.54) is 12.8 Å². The SMILES string of the molecule is CCCC[C@@H]1C[C@@H]1C(=O)N(CCO)Cc1ncc[nH]1. The molecule has 5 nitrogen and oxygen atoms in total. The topological polar surface area (TPSA) is 69.2 Å². The minimum Gasteiger partial charge on any atom is -0.395 e. The minimum atomic E-state index is -0.00120. The number of unbranched alkanes of at least 4 members (excludes halogenated alkanes) is 1. The zero-order valence-electron chi connectivity index (χ0n) is 11.5. The molecule has 0 aliphatic heterocycles. The molecule has 0 unspecified atom stereocenters. The predicted octanol–water partition coefficient (Wildman–Crippen LogP) is 1.56. The molecule has 2 N–H and O–H groups in total. The van der Waals surface area contributed by atoms with Crippen molar-refractivity contribution in [1.82, 2.24) is 14.9 Å². The number of carbonyl (C=O) groups is 1. The first-order chi connectivity index (χ1) is 9.26. The quantitative estimate of drug-likeness (QED) is 0.749. The van der Waals surface area contributed by atoms with Crippen LogP contribution in [0.25, 0.3) is 0 Å². The summed E-state index contributed by atoms with van der Waals surface area (Å²) in [5, 5.41) is 9.10. The van der Waals surface area contributed by atoms with Crippen LogP contribution in [-0.2, 0) is 11.3 Å². The normalized spacial score (nSPS) is 21.4. The Balaban J connectivity index is 1.87. The molecule has 0 aromatic carbocycles. The van der Waals surface area contributed by atoms with Crippen molar-refractivity contribution in [1.29, 1.82) is 0 Å². The van der Waals surface area contributed by atoms with Crippen LogP contribution in [0.5, 0.6) is 0 Å². The van der Waals surface area contributed by atoms with Gasteiger partial charge in [-0.05, 0) is 18.8 Å². The van der Waals surface area contributed by atoms with Gasteiger partial charge in [-0.15, -0.1) is 0 Å². The Bertz CT molecular complexity index is 391. The fourth-order valence-corrected chi connectivity index (χ4v) is 2.52. The summed E-state index contributed by atoms with van der Waals surface area (Å²) in [5.74, 6) is 1.68. The Kier molecular flexibility index (Phi) is 4.96. The highest BCUT2D eigenvalue weighted by atomic mass is 16.3. The monoisotopic (exact) mass is 265 g/mol. The summed E-state index contributed by atoms with van der Waals surface area (Å²) in [6, 6.07) is 0. The van der Waals surface area contributed by atoms with Gasteiger partial charge in [-0.3, -0.25) is 4.79 Å². The first-order valence-electron chi connectivity index (χ1n) is 7.14. The number of H-pyrrole nitrogens is 1. The predicted molar refractivity (Wildman–Crippen MR) is 72.2 cm³/mol. The second kappa shape index (κ2) is 6.70. The molecule has 0 bridgehead atoms. The molecule has 0 spiro atoms. The van der Waals surface area contributed by atoms with Gasteiger partial charge >= 0.3 is 0 Å². The van der Waals surface area contributed by atoms with E-state index in [0.29, 0.717) is 19.0 Å². The lowest BCUT2D eigenvalue weighted by molar-refractivity contribution is -0.134. The highest BCUT2D eigenvalue weighted by Gasteiger charge is 2.43. The summed E-state index contributed by atoms with van der Waals surface area (Å²) in [5.41, 5.74) is 0. The molecule has 2 atom stereocenters. The van der Waals surface area contributed by atoms with Gasteiger partial charge in [0.15, 0.2) is 0 Å². The number of carbonyl (C=O) groups excluding carboxylic acids is 1. The fourth-order valence-electron chi connectivity index (χ4n) is 2.52. The number of aliphatic hydroxyl groups excluding tert-OH is 1. The van der Waals surface area contributed by atoms with Crippen LogP contribution in [0.4, 0.5) is 0 Å². The van der Waals surface area contributed by atoms with E-state index in [0.717, 1.165) is 18.7 Å². The van der Waals surface area contributed by atoms with Crippen LogP contribution in [0, 0.1) is 11.8 Å². The Labute approximate surface area is 114 Å². The molecule has 0 saturated heterocycles. The molecule has 0 radical (unpaired) electrons. The molecule has 1 fully saturated rings. The van der Waals surface area contributed by atoms with Gasteiger partial charge in [-0.25, -0.2) is 4.98 Å². The zero-order valence-corrected chi connectivity index (χ0v) is 11.5. The molecule has 1 heterocycles. The summed E-state index contributed by atoms with van der Waals surface area (Å²) in [4.78, 5) is 21.2. The summed E-state index contributed by atoms with van der Waals surface area (Å²) >= 11 is 0. The second-order valence-electron chi connectivity index (χ2n) is 5.26. The molecular formula is C14H23N3O2. The average molecular weight is 265 g/mol. The van der Waals surface area contributed by atoms with E-state index >= 15 is 0 Å². The number of rotatable bonds is 8. The third-order valence-corrected chi connectivity index (χ3v) is 3.75. The van der Waals surface area contributed by atoms with E-state index in [1.807, 2.05) is 0 Å². The maximum Gasteiger partial charge on any atom is 0.226 e.